The van der Waals surface area contributed by atoms with Gasteiger partial charge in [0, 0.05) is 27.3 Å². The van der Waals surface area contributed by atoms with Crippen molar-refractivity contribution in [3.8, 4) is 11.5 Å². The maximum absolute atomic E-state index is 12.2. The van der Waals surface area contributed by atoms with Crippen LogP contribution in [0.3, 0.4) is 0 Å². The number of amides is 1. The molecule has 0 spiro atoms. The van der Waals surface area contributed by atoms with Crippen LogP contribution in [-0.4, -0.2) is 52.8 Å². The van der Waals surface area contributed by atoms with E-state index < -0.39 is 0 Å². The van der Waals surface area contributed by atoms with E-state index in [0.717, 1.165) is 12.2 Å². The van der Waals surface area contributed by atoms with Crippen molar-refractivity contribution in [2.75, 3.05) is 26.9 Å². The molecule has 1 aliphatic heterocycles. The van der Waals surface area contributed by atoms with Gasteiger partial charge in [-0.3, -0.25) is 4.79 Å². The summed E-state index contributed by atoms with van der Waals surface area (Å²) >= 11 is 1.36. The van der Waals surface area contributed by atoms with Crippen LogP contribution in [0.1, 0.15) is 25.3 Å². The topological polar surface area (TPSA) is 87.5 Å². The van der Waals surface area contributed by atoms with E-state index in [0.29, 0.717) is 36.5 Å². The highest BCUT2D eigenvalue weighted by Gasteiger charge is 2.28. The Morgan fingerprint density at radius 2 is 2.19 bits per heavy atom. The average molecular weight is 392 g/mol. The Bertz CT molecular complexity index is 782. The summed E-state index contributed by atoms with van der Waals surface area (Å²) in [7, 11) is 3.51. The fourth-order valence-corrected chi connectivity index (χ4v) is 3.49. The Hall–Kier alpha value is -2.26. The fourth-order valence-electron chi connectivity index (χ4n) is 2.64. The molecule has 2 unspecified atom stereocenters. The van der Waals surface area contributed by atoms with E-state index in [9.17, 15) is 4.79 Å². The predicted octanol–water partition coefficient (Wildman–Crippen LogP) is 1.96. The van der Waals surface area contributed by atoms with Crippen molar-refractivity contribution < 1.29 is 19.0 Å². The molecular weight excluding hydrogens is 368 g/mol. The van der Waals surface area contributed by atoms with Crippen molar-refractivity contribution >= 4 is 17.7 Å². The summed E-state index contributed by atoms with van der Waals surface area (Å²) in [5.74, 6) is 2.05. The van der Waals surface area contributed by atoms with Gasteiger partial charge < -0.3 is 24.1 Å². The van der Waals surface area contributed by atoms with Crippen molar-refractivity contribution in [2.45, 2.75) is 29.9 Å². The van der Waals surface area contributed by atoms with Gasteiger partial charge in [0.2, 0.25) is 5.91 Å². The summed E-state index contributed by atoms with van der Waals surface area (Å²) in [6.07, 6.45) is 0.443. The molecule has 2 atom stereocenters. The van der Waals surface area contributed by atoms with Gasteiger partial charge in [0.15, 0.2) is 28.6 Å². The lowest BCUT2D eigenvalue weighted by molar-refractivity contribution is -0.120. The molecule has 0 radical (unpaired) electrons. The third-order valence-corrected chi connectivity index (χ3v) is 5.28. The van der Waals surface area contributed by atoms with Crippen molar-refractivity contribution in [3.63, 3.8) is 0 Å². The zero-order valence-corrected chi connectivity index (χ0v) is 16.5. The van der Waals surface area contributed by atoms with Gasteiger partial charge in [0.25, 0.3) is 0 Å². The molecule has 146 valence electrons. The van der Waals surface area contributed by atoms with E-state index in [1.807, 2.05) is 42.8 Å². The molecule has 0 saturated heterocycles. The molecule has 27 heavy (non-hydrogen) atoms. The van der Waals surface area contributed by atoms with Crippen LogP contribution in [0.15, 0.2) is 29.4 Å². The zero-order chi connectivity index (χ0) is 19.2. The largest absolute Gasteiger partial charge is 0.485 e. The number of hydrogen-bond acceptors (Lipinski definition) is 7. The molecule has 0 fully saturated rings. The minimum atomic E-state index is -0.343. The monoisotopic (exact) mass is 392 g/mol. The molecule has 1 aromatic heterocycles. The first kappa shape index (κ1) is 19.5. The molecule has 1 amide bonds. The van der Waals surface area contributed by atoms with Gasteiger partial charge in [0.05, 0.1) is 5.25 Å². The lowest BCUT2D eigenvalue weighted by atomic mass is 10.2. The molecule has 3 rings (SSSR count). The number of fused-ring (bicyclic) bond motifs is 1. The summed E-state index contributed by atoms with van der Waals surface area (Å²) in [5, 5.41) is 11.7. The number of benzene rings is 1. The van der Waals surface area contributed by atoms with Gasteiger partial charge in [-0.25, -0.2) is 0 Å². The number of nitrogens with zero attached hydrogens (tertiary/aromatic N) is 3. The zero-order valence-electron chi connectivity index (χ0n) is 15.7. The third kappa shape index (κ3) is 4.72. The minimum absolute atomic E-state index is 0.0353. The number of carbonyl (C=O) groups excluding carboxylic acids is 1. The van der Waals surface area contributed by atoms with E-state index in [2.05, 4.69) is 15.5 Å². The van der Waals surface area contributed by atoms with Crippen LogP contribution in [0.5, 0.6) is 11.5 Å². The quantitative estimate of drug-likeness (QED) is 0.543. The van der Waals surface area contributed by atoms with E-state index in [-0.39, 0.29) is 17.3 Å². The molecule has 8 nitrogen and oxygen atoms in total. The second-order valence-corrected chi connectivity index (χ2v) is 7.47. The summed E-state index contributed by atoms with van der Waals surface area (Å²) < 4.78 is 18.6. The summed E-state index contributed by atoms with van der Waals surface area (Å²) in [6, 6.07) is 7.54. The van der Waals surface area contributed by atoms with Crippen molar-refractivity contribution in [1.29, 1.82) is 0 Å². The molecule has 1 aliphatic rings. The highest BCUT2D eigenvalue weighted by Crippen LogP contribution is 2.36. The van der Waals surface area contributed by atoms with Gasteiger partial charge >= 0.3 is 0 Å². The number of rotatable bonds is 8. The van der Waals surface area contributed by atoms with Gasteiger partial charge in [-0.2, -0.15) is 0 Å². The summed E-state index contributed by atoms with van der Waals surface area (Å²) in [6.45, 7) is 3.43. The molecular formula is C18H24N4O4S. The van der Waals surface area contributed by atoms with Crippen molar-refractivity contribution in [1.82, 2.24) is 20.1 Å². The lowest BCUT2D eigenvalue weighted by Crippen LogP contribution is -2.32. The number of nitrogens with one attached hydrogen (secondary N) is 1. The van der Waals surface area contributed by atoms with Crippen LogP contribution in [0.2, 0.25) is 0 Å². The average Bonchev–Trinajstić information content (AvgIpc) is 3.05. The van der Waals surface area contributed by atoms with E-state index in [1.54, 1.807) is 7.11 Å². The number of ether oxygens (including phenoxy) is 3. The first-order chi connectivity index (χ1) is 13.1. The molecule has 1 N–H and O–H groups in total. The molecule has 2 aromatic rings. The Labute approximate surface area is 162 Å². The Balaban J connectivity index is 1.60. The maximum Gasteiger partial charge on any atom is 0.233 e. The standard InChI is InChI=1S/C18H24N4O4S/c1-12(17(23)19-9-6-10-24-3)27-18-21-20-16(22(18)2)15-11-25-13-7-4-5-8-14(13)26-15/h4-5,7-8,12,15H,6,9-11H2,1-3H3,(H,19,23). The Kier molecular flexibility index (Phi) is 6.57. The second-order valence-electron chi connectivity index (χ2n) is 6.16. The maximum atomic E-state index is 12.2. The summed E-state index contributed by atoms with van der Waals surface area (Å²) in [5.41, 5.74) is 0. The van der Waals surface area contributed by atoms with E-state index >= 15 is 0 Å². The van der Waals surface area contributed by atoms with E-state index in [1.165, 1.54) is 11.8 Å². The van der Waals surface area contributed by atoms with E-state index in [4.69, 9.17) is 14.2 Å². The van der Waals surface area contributed by atoms with Crippen molar-refractivity contribution in [3.05, 3.63) is 30.1 Å². The van der Waals surface area contributed by atoms with Crippen LogP contribution in [0.4, 0.5) is 0 Å². The molecule has 2 heterocycles. The number of thioether (sulfide) groups is 1. The number of aromatic nitrogens is 3. The van der Waals surface area contributed by atoms with Gasteiger partial charge in [-0.15, -0.1) is 10.2 Å². The Morgan fingerprint density at radius 3 is 2.96 bits per heavy atom. The van der Waals surface area contributed by atoms with Gasteiger partial charge in [-0.1, -0.05) is 23.9 Å². The summed E-state index contributed by atoms with van der Waals surface area (Å²) in [4.78, 5) is 12.2. The fraction of sp³-hybridized carbons (Fsp3) is 0.500. The van der Waals surface area contributed by atoms with Crippen LogP contribution in [0.25, 0.3) is 0 Å². The van der Waals surface area contributed by atoms with Crippen LogP contribution in [-0.2, 0) is 16.6 Å². The SMILES string of the molecule is COCCCNC(=O)C(C)Sc1nnc(C2COc3ccccc3O2)n1C. The van der Waals surface area contributed by atoms with Crippen LogP contribution in [0, 0.1) is 0 Å². The molecule has 0 aliphatic carbocycles. The first-order valence-electron chi connectivity index (χ1n) is 8.81. The molecule has 9 heteroatoms. The molecule has 0 saturated carbocycles. The number of carbonyl (C=O) groups is 1. The highest BCUT2D eigenvalue weighted by molar-refractivity contribution is 8.00. The van der Waals surface area contributed by atoms with Gasteiger partial charge in [-0.05, 0) is 25.5 Å². The smallest absolute Gasteiger partial charge is 0.233 e. The second kappa shape index (κ2) is 9.09. The number of para-hydroxylation sites is 2. The van der Waals surface area contributed by atoms with Crippen molar-refractivity contribution in [2.24, 2.45) is 7.05 Å². The van der Waals surface area contributed by atoms with Gasteiger partial charge in [0.1, 0.15) is 6.61 Å². The first-order valence-corrected chi connectivity index (χ1v) is 9.69. The normalized spacial score (nSPS) is 16.8. The number of hydrogen-bond donors (Lipinski definition) is 1. The Morgan fingerprint density at radius 1 is 1.41 bits per heavy atom. The van der Waals surface area contributed by atoms with Crippen LogP contribution < -0.4 is 14.8 Å². The minimum Gasteiger partial charge on any atom is -0.485 e. The predicted molar refractivity (Wildman–Crippen MR) is 101 cm³/mol. The highest BCUT2D eigenvalue weighted by atomic mass is 32.2. The molecule has 1 aromatic carbocycles. The third-order valence-electron chi connectivity index (χ3n) is 4.14. The number of methoxy groups -OCH3 is 1. The molecule has 0 bridgehead atoms. The lowest BCUT2D eigenvalue weighted by Gasteiger charge is -2.25. The van der Waals surface area contributed by atoms with Crippen LogP contribution >= 0.6 is 11.8 Å².